The average Bonchev–Trinajstić information content (AvgIpc) is 2.63. The standard InChI is InChI=1S/C17H14FN5O/c18-12-4-6-13(7-5-12)23-16-9-15(21-11-22-16)17(24)20-10-14-3-1-2-8-19-14/h1-9,11H,10H2,(H,20,24)(H,21,22,23). The molecule has 2 heterocycles. The van der Waals surface area contributed by atoms with E-state index in [9.17, 15) is 9.18 Å². The second-order valence-corrected chi connectivity index (χ2v) is 4.92. The molecule has 1 aromatic carbocycles. The van der Waals surface area contributed by atoms with Crippen molar-refractivity contribution in [2.75, 3.05) is 5.32 Å². The number of nitrogens with zero attached hydrogens (tertiary/aromatic N) is 3. The zero-order chi connectivity index (χ0) is 16.8. The van der Waals surface area contributed by atoms with Gasteiger partial charge in [0.05, 0.1) is 12.2 Å². The molecule has 0 fully saturated rings. The van der Waals surface area contributed by atoms with Crippen LogP contribution in [0.15, 0.2) is 61.1 Å². The van der Waals surface area contributed by atoms with Crippen LogP contribution in [0.1, 0.15) is 16.2 Å². The lowest BCUT2D eigenvalue weighted by Gasteiger charge is -2.07. The normalized spacial score (nSPS) is 10.2. The minimum Gasteiger partial charge on any atom is -0.345 e. The van der Waals surface area contributed by atoms with Gasteiger partial charge in [0.2, 0.25) is 0 Å². The Morgan fingerprint density at radius 1 is 1.04 bits per heavy atom. The Morgan fingerprint density at radius 3 is 2.62 bits per heavy atom. The zero-order valence-electron chi connectivity index (χ0n) is 12.6. The van der Waals surface area contributed by atoms with Gasteiger partial charge in [0, 0.05) is 18.0 Å². The Labute approximate surface area is 137 Å². The number of pyridine rings is 1. The molecule has 0 aliphatic carbocycles. The summed E-state index contributed by atoms with van der Waals surface area (Å²) < 4.78 is 12.9. The summed E-state index contributed by atoms with van der Waals surface area (Å²) in [5.74, 6) is -0.206. The van der Waals surface area contributed by atoms with Gasteiger partial charge in [-0.1, -0.05) is 6.07 Å². The van der Waals surface area contributed by atoms with E-state index < -0.39 is 0 Å². The van der Waals surface area contributed by atoms with E-state index in [1.807, 2.05) is 18.2 Å². The van der Waals surface area contributed by atoms with Crippen LogP contribution in [-0.4, -0.2) is 20.9 Å². The van der Waals surface area contributed by atoms with Crippen molar-refractivity contribution in [2.45, 2.75) is 6.54 Å². The Kier molecular flexibility index (Phi) is 4.71. The van der Waals surface area contributed by atoms with Crippen molar-refractivity contribution < 1.29 is 9.18 Å². The Balaban J connectivity index is 1.65. The van der Waals surface area contributed by atoms with Crippen molar-refractivity contribution in [1.82, 2.24) is 20.3 Å². The van der Waals surface area contributed by atoms with Crippen molar-refractivity contribution in [3.05, 3.63) is 78.3 Å². The molecule has 3 aromatic rings. The highest BCUT2D eigenvalue weighted by Gasteiger charge is 2.09. The third-order valence-corrected chi connectivity index (χ3v) is 3.17. The van der Waals surface area contributed by atoms with Crippen LogP contribution in [0.25, 0.3) is 0 Å². The number of benzene rings is 1. The van der Waals surface area contributed by atoms with Crippen molar-refractivity contribution >= 4 is 17.4 Å². The molecule has 0 aliphatic rings. The van der Waals surface area contributed by atoms with Crippen LogP contribution in [0.4, 0.5) is 15.9 Å². The first kappa shape index (κ1) is 15.5. The number of carbonyl (C=O) groups is 1. The van der Waals surface area contributed by atoms with Crippen LogP contribution in [0.2, 0.25) is 0 Å². The first-order valence-electron chi connectivity index (χ1n) is 7.23. The number of aromatic nitrogens is 3. The first-order chi connectivity index (χ1) is 11.7. The molecule has 2 aromatic heterocycles. The number of amides is 1. The largest absolute Gasteiger partial charge is 0.345 e. The quantitative estimate of drug-likeness (QED) is 0.754. The van der Waals surface area contributed by atoms with Gasteiger partial charge in [-0.05, 0) is 36.4 Å². The van der Waals surface area contributed by atoms with Crippen LogP contribution in [0.3, 0.4) is 0 Å². The minimum atomic E-state index is -0.329. The van der Waals surface area contributed by atoms with Gasteiger partial charge in [-0.3, -0.25) is 9.78 Å². The molecule has 0 spiro atoms. The smallest absolute Gasteiger partial charge is 0.270 e. The van der Waals surface area contributed by atoms with Gasteiger partial charge in [0.15, 0.2) is 0 Å². The second-order valence-electron chi connectivity index (χ2n) is 4.92. The van der Waals surface area contributed by atoms with Gasteiger partial charge in [-0.25, -0.2) is 14.4 Å². The highest BCUT2D eigenvalue weighted by atomic mass is 19.1. The van der Waals surface area contributed by atoms with E-state index in [1.54, 1.807) is 18.3 Å². The monoisotopic (exact) mass is 323 g/mol. The topological polar surface area (TPSA) is 79.8 Å². The van der Waals surface area contributed by atoms with Crippen molar-refractivity contribution in [2.24, 2.45) is 0 Å². The maximum Gasteiger partial charge on any atom is 0.270 e. The van der Waals surface area contributed by atoms with E-state index in [1.165, 1.54) is 24.5 Å². The lowest BCUT2D eigenvalue weighted by Crippen LogP contribution is -2.24. The van der Waals surface area contributed by atoms with Crippen LogP contribution < -0.4 is 10.6 Å². The molecule has 2 N–H and O–H groups in total. The Bertz CT molecular complexity index is 824. The SMILES string of the molecule is O=C(NCc1ccccn1)c1cc(Nc2ccc(F)cc2)ncn1. The molecule has 120 valence electrons. The summed E-state index contributed by atoms with van der Waals surface area (Å²) in [5, 5.41) is 5.73. The van der Waals surface area contributed by atoms with Crippen molar-refractivity contribution in [1.29, 1.82) is 0 Å². The molecule has 0 unspecified atom stereocenters. The molecule has 3 rings (SSSR count). The van der Waals surface area contributed by atoms with Crippen molar-refractivity contribution in [3.63, 3.8) is 0 Å². The molecule has 0 radical (unpaired) electrons. The second kappa shape index (κ2) is 7.28. The average molecular weight is 323 g/mol. The summed E-state index contributed by atoms with van der Waals surface area (Å²) in [4.78, 5) is 24.3. The van der Waals surface area contributed by atoms with E-state index in [-0.39, 0.29) is 17.4 Å². The third-order valence-electron chi connectivity index (χ3n) is 3.17. The highest BCUT2D eigenvalue weighted by Crippen LogP contribution is 2.15. The molecular weight excluding hydrogens is 309 g/mol. The third kappa shape index (κ3) is 4.10. The summed E-state index contributed by atoms with van der Waals surface area (Å²) in [6.45, 7) is 0.310. The molecule has 0 bridgehead atoms. The maximum atomic E-state index is 12.9. The van der Waals surface area contributed by atoms with Gasteiger partial charge in [0.1, 0.15) is 23.7 Å². The van der Waals surface area contributed by atoms with Gasteiger partial charge in [-0.15, -0.1) is 0 Å². The Hall–Kier alpha value is -3.35. The summed E-state index contributed by atoms with van der Waals surface area (Å²) in [5.41, 5.74) is 1.64. The molecule has 0 aliphatic heterocycles. The van der Waals surface area contributed by atoms with E-state index in [0.29, 0.717) is 18.1 Å². The van der Waals surface area contributed by atoms with Crippen molar-refractivity contribution in [3.8, 4) is 0 Å². The number of carbonyl (C=O) groups excluding carboxylic acids is 1. The van der Waals surface area contributed by atoms with Gasteiger partial charge >= 0.3 is 0 Å². The fourth-order valence-electron chi connectivity index (χ4n) is 2.00. The van der Waals surface area contributed by atoms with Crippen LogP contribution in [-0.2, 0) is 6.54 Å². The summed E-state index contributed by atoms with van der Waals surface area (Å²) in [7, 11) is 0. The van der Waals surface area contributed by atoms with Crippen LogP contribution in [0, 0.1) is 5.82 Å². The fraction of sp³-hybridized carbons (Fsp3) is 0.0588. The molecule has 24 heavy (non-hydrogen) atoms. The lowest BCUT2D eigenvalue weighted by molar-refractivity contribution is 0.0945. The molecule has 0 saturated carbocycles. The molecule has 1 amide bonds. The predicted octanol–water partition coefficient (Wildman–Crippen LogP) is 2.68. The molecular formula is C17H14FN5O. The number of hydrogen-bond donors (Lipinski definition) is 2. The van der Waals surface area contributed by atoms with E-state index >= 15 is 0 Å². The zero-order valence-corrected chi connectivity index (χ0v) is 12.6. The van der Waals surface area contributed by atoms with Crippen LogP contribution in [0.5, 0.6) is 0 Å². The fourth-order valence-corrected chi connectivity index (χ4v) is 2.00. The number of anilines is 2. The minimum absolute atomic E-state index is 0.227. The molecule has 0 saturated heterocycles. The van der Waals surface area contributed by atoms with Gasteiger partial charge in [-0.2, -0.15) is 0 Å². The number of hydrogen-bond acceptors (Lipinski definition) is 5. The number of nitrogens with one attached hydrogen (secondary N) is 2. The summed E-state index contributed by atoms with van der Waals surface area (Å²) >= 11 is 0. The van der Waals surface area contributed by atoms with E-state index in [4.69, 9.17) is 0 Å². The first-order valence-corrected chi connectivity index (χ1v) is 7.23. The summed E-state index contributed by atoms with van der Waals surface area (Å²) in [6, 6.07) is 12.8. The number of halogens is 1. The van der Waals surface area contributed by atoms with Crippen LogP contribution >= 0.6 is 0 Å². The summed E-state index contributed by atoms with van der Waals surface area (Å²) in [6.07, 6.45) is 2.96. The lowest BCUT2D eigenvalue weighted by atomic mass is 10.3. The van der Waals surface area contributed by atoms with E-state index in [0.717, 1.165) is 5.69 Å². The predicted molar refractivity (Wildman–Crippen MR) is 87.1 cm³/mol. The van der Waals surface area contributed by atoms with E-state index in [2.05, 4.69) is 25.6 Å². The highest BCUT2D eigenvalue weighted by molar-refractivity contribution is 5.92. The number of rotatable bonds is 5. The maximum absolute atomic E-state index is 12.9. The van der Waals surface area contributed by atoms with Gasteiger partial charge in [0.25, 0.3) is 5.91 Å². The molecule has 0 atom stereocenters. The molecule has 6 nitrogen and oxygen atoms in total. The van der Waals surface area contributed by atoms with Gasteiger partial charge < -0.3 is 10.6 Å². The Morgan fingerprint density at radius 2 is 1.88 bits per heavy atom. The molecule has 7 heteroatoms.